The average Bonchev–Trinajstić information content (AvgIpc) is 3.31. The van der Waals surface area contributed by atoms with E-state index >= 15 is 0 Å². The Bertz CT molecular complexity index is 503. The minimum absolute atomic E-state index is 0.186. The van der Waals surface area contributed by atoms with E-state index in [2.05, 4.69) is 0 Å². The fourth-order valence-electron chi connectivity index (χ4n) is 4.50. The number of hydrogen-bond donors (Lipinski definition) is 6. The number of fused-ring (bicyclic) bond motifs is 3. The van der Waals surface area contributed by atoms with E-state index < -0.39 is 67.3 Å². The van der Waals surface area contributed by atoms with E-state index in [1.54, 1.807) is 0 Å². The van der Waals surface area contributed by atoms with Gasteiger partial charge in [0.25, 0.3) is 0 Å². The monoisotopic (exact) mass is 364 g/mol. The van der Waals surface area contributed by atoms with Crippen molar-refractivity contribution in [2.75, 3.05) is 19.8 Å². The van der Waals surface area contributed by atoms with Gasteiger partial charge in [0, 0.05) is 11.8 Å². The molecule has 2 unspecified atom stereocenters. The van der Waals surface area contributed by atoms with Crippen LogP contribution in [0.2, 0.25) is 0 Å². The summed E-state index contributed by atoms with van der Waals surface area (Å²) in [5, 5.41) is 59.1. The molecule has 6 N–H and O–H groups in total. The summed E-state index contributed by atoms with van der Waals surface area (Å²) in [6, 6.07) is 0. The van der Waals surface area contributed by atoms with Gasteiger partial charge in [-0.05, 0) is 6.42 Å². The molecular formula is C15H24O10. The van der Waals surface area contributed by atoms with Gasteiger partial charge in [0.15, 0.2) is 12.6 Å². The summed E-state index contributed by atoms with van der Waals surface area (Å²) in [6.45, 7) is -0.546. The van der Waals surface area contributed by atoms with E-state index in [4.69, 9.17) is 18.9 Å². The molecule has 0 aromatic heterocycles. The second kappa shape index (κ2) is 6.34. The van der Waals surface area contributed by atoms with E-state index in [9.17, 15) is 30.6 Å². The van der Waals surface area contributed by atoms with Crippen LogP contribution in [0.3, 0.4) is 0 Å². The van der Waals surface area contributed by atoms with Crippen LogP contribution in [0.4, 0.5) is 0 Å². The largest absolute Gasteiger partial charge is 0.394 e. The standard InChI is InChI=1S/C15H24O10/c16-3-6-9(19)10(20)11(21)14(23-6)24-13-7-5(1-2-22-13)8(18)12-15(7,4-17)25-12/h5-14,16-21H,1-4H2/t5-,6-,7-,8+,9-,10+,11-,12?,13+,14+,15?/m1/s1. The Labute approximate surface area is 143 Å². The van der Waals surface area contributed by atoms with Gasteiger partial charge in [-0.3, -0.25) is 0 Å². The van der Waals surface area contributed by atoms with E-state index in [1.165, 1.54) is 0 Å². The van der Waals surface area contributed by atoms with Crippen molar-refractivity contribution in [1.29, 1.82) is 0 Å². The second-order valence-electron chi connectivity index (χ2n) is 7.19. The summed E-state index contributed by atoms with van der Waals surface area (Å²) in [5.74, 6) is -0.645. The van der Waals surface area contributed by atoms with E-state index in [1.807, 2.05) is 0 Å². The Hall–Kier alpha value is -0.400. The molecule has 0 bridgehead atoms. The number of hydrogen-bond acceptors (Lipinski definition) is 10. The number of aliphatic hydroxyl groups excluding tert-OH is 6. The molecule has 3 aliphatic heterocycles. The smallest absolute Gasteiger partial charge is 0.189 e. The highest BCUT2D eigenvalue weighted by atomic mass is 16.8. The normalized spacial score (nSPS) is 57.8. The molecule has 25 heavy (non-hydrogen) atoms. The molecule has 4 rings (SSSR count). The third kappa shape index (κ3) is 2.56. The summed E-state index contributed by atoms with van der Waals surface area (Å²) in [7, 11) is 0. The Morgan fingerprint density at radius 3 is 2.40 bits per heavy atom. The predicted molar refractivity (Wildman–Crippen MR) is 76.9 cm³/mol. The molecule has 0 amide bonds. The topological polar surface area (TPSA) is 162 Å². The first kappa shape index (κ1) is 18.0. The van der Waals surface area contributed by atoms with Crippen molar-refractivity contribution in [1.82, 2.24) is 0 Å². The number of rotatable bonds is 4. The lowest BCUT2D eigenvalue weighted by molar-refractivity contribution is -0.356. The van der Waals surface area contributed by atoms with Crippen LogP contribution >= 0.6 is 0 Å². The Balaban J connectivity index is 1.52. The molecule has 3 saturated heterocycles. The fourth-order valence-corrected chi connectivity index (χ4v) is 4.50. The molecule has 3 heterocycles. The molecule has 0 aromatic rings. The first-order valence-corrected chi connectivity index (χ1v) is 8.49. The van der Waals surface area contributed by atoms with Gasteiger partial charge in [0.1, 0.15) is 36.1 Å². The van der Waals surface area contributed by atoms with Gasteiger partial charge in [-0.25, -0.2) is 0 Å². The Kier molecular flexibility index (Phi) is 4.56. The van der Waals surface area contributed by atoms with Crippen LogP contribution in [-0.4, -0.2) is 105 Å². The lowest BCUT2D eigenvalue weighted by atomic mass is 9.83. The maximum Gasteiger partial charge on any atom is 0.189 e. The molecule has 4 aliphatic rings. The molecule has 144 valence electrons. The highest BCUT2D eigenvalue weighted by Gasteiger charge is 2.75. The van der Waals surface area contributed by atoms with Gasteiger partial charge >= 0.3 is 0 Å². The van der Waals surface area contributed by atoms with Gasteiger partial charge < -0.3 is 49.6 Å². The van der Waals surface area contributed by atoms with Gasteiger partial charge in [-0.15, -0.1) is 0 Å². The van der Waals surface area contributed by atoms with Gasteiger partial charge in [-0.2, -0.15) is 0 Å². The average molecular weight is 364 g/mol. The van der Waals surface area contributed by atoms with Crippen molar-refractivity contribution in [3.05, 3.63) is 0 Å². The maximum atomic E-state index is 10.3. The quantitative estimate of drug-likeness (QED) is 0.274. The third-order valence-corrected chi connectivity index (χ3v) is 5.94. The number of aliphatic hydroxyl groups is 6. The minimum atomic E-state index is -1.55. The molecule has 0 aromatic carbocycles. The predicted octanol–water partition coefficient (Wildman–Crippen LogP) is -3.71. The molecule has 11 atom stereocenters. The van der Waals surface area contributed by atoms with Gasteiger partial charge in [0.05, 0.1) is 25.9 Å². The van der Waals surface area contributed by atoms with Crippen molar-refractivity contribution in [2.24, 2.45) is 11.8 Å². The summed E-state index contributed by atoms with van der Waals surface area (Å²) in [4.78, 5) is 0. The first-order valence-electron chi connectivity index (χ1n) is 8.49. The van der Waals surface area contributed by atoms with Crippen LogP contribution in [0.25, 0.3) is 0 Å². The lowest BCUT2D eigenvalue weighted by Crippen LogP contribution is -2.61. The second-order valence-corrected chi connectivity index (χ2v) is 7.19. The summed E-state index contributed by atoms with van der Waals surface area (Å²) in [5.41, 5.74) is -0.941. The highest BCUT2D eigenvalue weighted by molar-refractivity contribution is 5.21. The Morgan fingerprint density at radius 1 is 0.960 bits per heavy atom. The third-order valence-electron chi connectivity index (χ3n) is 5.94. The van der Waals surface area contributed by atoms with E-state index in [0.29, 0.717) is 13.0 Å². The highest BCUT2D eigenvalue weighted by Crippen LogP contribution is 2.60. The Morgan fingerprint density at radius 2 is 1.72 bits per heavy atom. The van der Waals surface area contributed by atoms with Crippen LogP contribution in [0.15, 0.2) is 0 Å². The fraction of sp³-hybridized carbons (Fsp3) is 1.00. The van der Waals surface area contributed by atoms with Crippen LogP contribution in [-0.2, 0) is 18.9 Å². The number of epoxide rings is 1. The van der Waals surface area contributed by atoms with Crippen molar-refractivity contribution in [3.8, 4) is 0 Å². The molecule has 1 aliphatic carbocycles. The maximum absolute atomic E-state index is 10.3. The summed E-state index contributed by atoms with van der Waals surface area (Å²) >= 11 is 0. The van der Waals surface area contributed by atoms with Crippen molar-refractivity contribution < 1.29 is 49.6 Å². The summed E-state index contributed by atoms with van der Waals surface area (Å²) < 4.78 is 22.2. The zero-order valence-corrected chi connectivity index (χ0v) is 13.4. The van der Waals surface area contributed by atoms with Crippen molar-refractivity contribution in [2.45, 2.75) is 61.2 Å². The van der Waals surface area contributed by atoms with Gasteiger partial charge in [-0.1, -0.05) is 0 Å². The van der Waals surface area contributed by atoms with Crippen molar-refractivity contribution in [3.63, 3.8) is 0 Å². The summed E-state index contributed by atoms with van der Waals surface area (Å²) in [6.07, 6.45) is -8.57. The molecule has 10 heteroatoms. The van der Waals surface area contributed by atoms with Crippen LogP contribution in [0, 0.1) is 11.8 Å². The minimum Gasteiger partial charge on any atom is -0.394 e. The zero-order chi connectivity index (χ0) is 17.9. The van der Waals surface area contributed by atoms with E-state index in [0.717, 1.165) is 0 Å². The molecule has 10 nitrogen and oxygen atoms in total. The molecule has 0 radical (unpaired) electrons. The molecular weight excluding hydrogens is 340 g/mol. The van der Waals surface area contributed by atoms with Gasteiger partial charge in [0.2, 0.25) is 0 Å². The number of ether oxygens (including phenoxy) is 4. The molecule has 4 fully saturated rings. The lowest BCUT2D eigenvalue weighted by Gasteiger charge is -2.44. The molecule has 0 spiro atoms. The van der Waals surface area contributed by atoms with Crippen LogP contribution < -0.4 is 0 Å². The molecule has 1 saturated carbocycles. The van der Waals surface area contributed by atoms with Crippen molar-refractivity contribution >= 4 is 0 Å². The van der Waals surface area contributed by atoms with Crippen LogP contribution in [0.1, 0.15) is 6.42 Å². The van der Waals surface area contributed by atoms with Crippen LogP contribution in [0.5, 0.6) is 0 Å². The first-order chi connectivity index (χ1) is 11.9. The van der Waals surface area contributed by atoms with E-state index in [-0.39, 0.29) is 12.5 Å². The zero-order valence-electron chi connectivity index (χ0n) is 13.4. The SMILES string of the molecule is OC[C@H]1O[C@@H](O[C@@H]2OCC[C@@H]3[C@H]2C2(CO)OC2[C@H]3O)[C@H](O)[C@@H](O)[C@@H]1O.